The van der Waals surface area contributed by atoms with Gasteiger partial charge >= 0.3 is 0 Å². The molecule has 0 radical (unpaired) electrons. The molecule has 0 saturated heterocycles. The lowest BCUT2D eigenvalue weighted by Gasteiger charge is -2.29. The third-order valence-electron chi connectivity index (χ3n) is 6.79. The molecule has 0 aliphatic heterocycles. The van der Waals surface area contributed by atoms with Gasteiger partial charge in [0, 0.05) is 17.4 Å². The number of phenolic OH excluding ortho intramolecular Hbond substituents is 1. The topological polar surface area (TPSA) is 54.4 Å². The first kappa shape index (κ1) is 28.7. The van der Waals surface area contributed by atoms with Crippen molar-refractivity contribution >= 4 is 21.0 Å². The summed E-state index contributed by atoms with van der Waals surface area (Å²) in [5.74, 6) is 0.365. The fourth-order valence-corrected chi connectivity index (χ4v) is 5.34. The highest BCUT2D eigenvalue weighted by Gasteiger charge is 2.28. The van der Waals surface area contributed by atoms with Gasteiger partial charge < -0.3 is 5.11 Å². The van der Waals surface area contributed by atoms with Gasteiger partial charge in [-0.25, -0.2) is 8.42 Å². The number of sulfone groups is 1. The first-order valence-corrected chi connectivity index (χ1v) is 15.0. The van der Waals surface area contributed by atoms with E-state index < -0.39 is 9.84 Å². The highest BCUT2D eigenvalue weighted by Crippen LogP contribution is 2.44. The molecule has 4 heteroatoms. The Morgan fingerprint density at radius 2 is 1.27 bits per heavy atom. The molecule has 0 fully saturated rings. The van der Waals surface area contributed by atoms with Crippen LogP contribution in [0.2, 0.25) is 0 Å². The first-order valence-electron chi connectivity index (χ1n) is 13.1. The van der Waals surface area contributed by atoms with Crippen molar-refractivity contribution in [3.8, 4) is 5.75 Å². The third-order valence-corrected chi connectivity index (χ3v) is 7.92. The van der Waals surface area contributed by atoms with E-state index in [-0.39, 0.29) is 10.8 Å². The Balaban J connectivity index is 2.46. The number of benzene rings is 3. The van der Waals surface area contributed by atoms with Crippen molar-refractivity contribution in [3.63, 3.8) is 0 Å². The SMILES string of the molecule is CCCC/C(=C(\c1ccccc1)c1cc(C(C)(C)C)c(O)c(C(C)(C)C)c1)c1ccc(S(C)(=O)=O)cc1. The molecule has 0 amide bonds. The summed E-state index contributed by atoms with van der Waals surface area (Å²) >= 11 is 0. The largest absolute Gasteiger partial charge is 0.507 e. The monoisotopic (exact) mass is 518 g/mol. The van der Waals surface area contributed by atoms with Gasteiger partial charge in [0.15, 0.2) is 9.84 Å². The molecule has 3 aromatic rings. The quantitative estimate of drug-likeness (QED) is 0.319. The predicted octanol–water partition coefficient (Wildman–Crippen LogP) is 8.54. The van der Waals surface area contributed by atoms with Gasteiger partial charge in [0.1, 0.15) is 5.75 Å². The molecule has 3 nitrogen and oxygen atoms in total. The van der Waals surface area contributed by atoms with Gasteiger partial charge in [0.2, 0.25) is 0 Å². The Hall–Kier alpha value is -2.85. The van der Waals surface area contributed by atoms with Crippen LogP contribution in [0.5, 0.6) is 5.75 Å². The van der Waals surface area contributed by atoms with Crippen molar-refractivity contribution in [2.45, 2.75) is 83.5 Å². The zero-order chi connectivity index (χ0) is 27.6. The van der Waals surface area contributed by atoms with Crippen LogP contribution in [-0.2, 0) is 20.7 Å². The second-order valence-corrected chi connectivity index (χ2v) is 14.1. The van der Waals surface area contributed by atoms with Gasteiger partial charge in [0.05, 0.1) is 4.90 Å². The van der Waals surface area contributed by atoms with Crippen molar-refractivity contribution in [2.75, 3.05) is 6.26 Å². The van der Waals surface area contributed by atoms with E-state index in [1.807, 2.05) is 18.2 Å². The van der Waals surface area contributed by atoms with Crippen LogP contribution in [0.3, 0.4) is 0 Å². The Bertz CT molecular complexity index is 1330. The Kier molecular flexibility index (Phi) is 8.44. The molecule has 0 spiro atoms. The van der Waals surface area contributed by atoms with Gasteiger partial charge in [0.25, 0.3) is 0 Å². The Morgan fingerprint density at radius 3 is 1.70 bits per heavy atom. The average Bonchev–Trinajstić information content (AvgIpc) is 2.81. The lowest BCUT2D eigenvalue weighted by atomic mass is 9.76. The maximum Gasteiger partial charge on any atom is 0.175 e. The number of aromatic hydroxyl groups is 1. The minimum atomic E-state index is -3.28. The summed E-state index contributed by atoms with van der Waals surface area (Å²) in [7, 11) is -3.28. The molecule has 0 atom stereocenters. The molecule has 0 heterocycles. The fourth-order valence-electron chi connectivity index (χ4n) is 4.71. The average molecular weight is 519 g/mol. The minimum Gasteiger partial charge on any atom is -0.507 e. The van der Waals surface area contributed by atoms with Crippen molar-refractivity contribution in [1.82, 2.24) is 0 Å². The van der Waals surface area contributed by atoms with Crippen molar-refractivity contribution in [3.05, 3.63) is 94.5 Å². The summed E-state index contributed by atoms with van der Waals surface area (Å²) in [5, 5.41) is 11.4. The van der Waals surface area contributed by atoms with Gasteiger partial charge in [-0.1, -0.05) is 97.4 Å². The smallest absolute Gasteiger partial charge is 0.175 e. The van der Waals surface area contributed by atoms with E-state index >= 15 is 0 Å². The molecule has 0 aliphatic carbocycles. The maximum atomic E-state index is 12.1. The molecule has 0 unspecified atom stereocenters. The summed E-state index contributed by atoms with van der Waals surface area (Å²) in [6, 6.07) is 21.9. The van der Waals surface area contributed by atoms with Crippen LogP contribution in [0, 0.1) is 0 Å². The fraction of sp³-hybridized carbons (Fsp3) is 0.394. The summed E-state index contributed by atoms with van der Waals surface area (Å²) in [6.45, 7) is 15.0. The number of allylic oxidation sites excluding steroid dienone is 1. The van der Waals surface area contributed by atoms with E-state index in [0.717, 1.165) is 52.7 Å². The van der Waals surface area contributed by atoms with Crippen molar-refractivity contribution in [1.29, 1.82) is 0 Å². The first-order chi connectivity index (χ1) is 17.1. The summed E-state index contributed by atoms with van der Waals surface area (Å²) in [5.41, 5.74) is 6.84. The van der Waals surface area contributed by atoms with Crippen LogP contribution in [0.1, 0.15) is 95.5 Å². The molecule has 1 N–H and O–H groups in total. The van der Waals surface area contributed by atoms with Gasteiger partial charge in [-0.15, -0.1) is 0 Å². The van der Waals surface area contributed by atoms with Crippen molar-refractivity contribution < 1.29 is 13.5 Å². The van der Waals surface area contributed by atoms with E-state index in [4.69, 9.17) is 0 Å². The minimum absolute atomic E-state index is 0.247. The second kappa shape index (κ2) is 10.9. The summed E-state index contributed by atoms with van der Waals surface area (Å²) in [4.78, 5) is 0.321. The zero-order valence-electron chi connectivity index (χ0n) is 23.6. The Morgan fingerprint density at radius 1 is 0.757 bits per heavy atom. The van der Waals surface area contributed by atoms with E-state index in [1.165, 1.54) is 11.8 Å². The molecule has 3 rings (SSSR count). The lowest BCUT2D eigenvalue weighted by Crippen LogP contribution is -2.18. The molecule has 3 aromatic carbocycles. The van der Waals surface area contributed by atoms with Crippen LogP contribution < -0.4 is 0 Å². The van der Waals surface area contributed by atoms with Crippen LogP contribution in [0.4, 0.5) is 0 Å². The molecular formula is C33H42O3S. The summed E-state index contributed by atoms with van der Waals surface area (Å²) in [6.07, 6.45) is 4.15. The highest BCUT2D eigenvalue weighted by molar-refractivity contribution is 7.90. The van der Waals surface area contributed by atoms with Gasteiger partial charge in [-0.2, -0.15) is 0 Å². The van der Waals surface area contributed by atoms with E-state index in [9.17, 15) is 13.5 Å². The highest BCUT2D eigenvalue weighted by atomic mass is 32.2. The number of rotatable bonds is 7. The molecule has 0 aliphatic rings. The standard InChI is InChI=1S/C33H42O3S/c1-9-10-16-27(23-17-19-26(20-18-23)37(8,35)36)30(24-14-12-11-13-15-24)25-21-28(32(2,3)4)31(34)29(22-25)33(5,6)7/h11-15,17-22,34H,9-10,16H2,1-8H3/b30-27-. The molecule has 0 bridgehead atoms. The summed E-state index contributed by atoms with van der Waals surface area (Å²) < 4.78 is 24.2. The van der Waals surface area contributed by atoms with Crippen LogP contribution in [0.25, 0.3) is 11.1 Å². The zero-order valence-corrected chi connectivity index (χ0v) is 24.5. The van der Waals surface area contributed by atoms with Gasteiger partial charge in [-0.3, -0.25) is 0 Å². The molecule has 0 aromatic heterocycles. The second-order valence-electron chi connectivity index (χ2n) is 12.0. The van der Waals surface area contributed by atoms with Crippen LogP contribution >= 0.6 is 0 Å². The van der Waals surface area contributed by atoms with E-state index in [1.54, 1.807) is 12.1 Å². The molecule has 0 saturated carbocycles. The number of hydrogen-bond acceptors (Lipinski definition) is 3. The normalized spacial score (nSPS) is 13.4. The molecule has 198 valence electrons. The van der Waals surface area contributed by atoms with Crippen molar-refractivity contribution in [2.24, 2.45) is 0 Å². The van der Waals surface area contributed by atoms with E-state index in [2.05, 4.69) is 84.9 Å². The third kappa shape index (κ3) is 6.73. The molecular weight excluding hydrogens is 476 g/mol. The number of hydrogen-bond donors (Lipinski definition) is 1. The van der Waals surface area contributed by atoms with Crippen LogP contribution in [-0.4, -0.2) is 19.8 Å². The predicted molar refractivity (Wildman–Crippen MR) is 157 cm³/mol. The maximum absolute atomic E-state index is 12.1. The van der Waals surface area contributed by atoms with Gasteiger partial charge in [-0.05, 0) is 75.8 Å². The number of unbranched alkanes of at least 4 members (excludes halogenated alkanes) is 1. The molecule has 37 heavy (non-hydrogen) atoms. The Labute approximate surface area is 224 Å². The van der Waals surface area contributed by atoms with E-state index in [0.29, 0.717) is 10.6 Å². The van der Waals surface area contributed by atoms with Crippen LogP contribution in [0.15, 0.2) is 71.6 Å². The lowest BCUT2D eigenvalue weighted by molar-refractivity contribution is 0.423. The number of phenols is 1.